The van der Waals surface area contributed by atoms with Crippen LogP contribution in [0.1, 0.15) is 95.6 Å². The van der Waals surface area contributed by atoms with E-state index in [0.29, 0.717) is 37.7 Å². The first kappa shape index (κ1) is 42.1. The molecule has 1 saturated carbocycles. The van der Waals surface area contributed by atoms with E-state index >= 15 is 0 Å². The van der Waals surface area contributed by atoms with Gasteiger partial charge >= 0.3 is 0 Å². The van der Waals surface area contributed by atoms with Crippen LogP contribution >= 0.6 is 0 Å². The monoisotopic (exact) mass is 740 g/mol. The van der Waals surface area contributed by atoms with Crippen molar-refractivity contribution in [1.82, 2.24) is 37.2 Å². The minimum atomic E-state index is -1.30. The average Bonchev–Trinajstić information content (AvgIpc) is 3.15. The summed E-state index contributed by atoms with van der Waals surface area (Å²) in [5, 5.41) is 17.9. The summed E-state index contributed by atoms with van der Waals surface area (Å²) in [4.78, 5) is 116. The molecular weight excluding hydrogens is 688 g/mol. The second-order valence-electron chi connectivity index (χ2n) is 13.3. The third kappa shape index (κ3) is 14.3. The molecule has 0 spiro atoms. The highest BCUT2D eigenvalue weighted by Gasteiger charge is 2.35. The Morgan fingerprint density at radius 3 is 2.13 bits per heavy atom. The molecule has 3 rings (SSSR count). The minimum Gasteiger partial charge on any atom is -0.368 e. The lowest BCUT2D eigenvalue weighted by atomic mass is 9.83. The Morgan fingerprint density at radius 2 is 1.47 bits per heavy atom. The van der Waals surface area contributed by atoms with E-state index in [9.17, 15) is 43.2 Å². The Kier molecular flexibility index (Phi) is 17.4. The van der Waals surface area contributed by atoms with Crippen LogP contribution in [-0.2, 0) is 43.2 Å². The van der Waals surface area contributed by atoms with Crippen molar-refractivity contribution in [3.05, 3.63) is 35.9 Å². The van der Waals surface area contributed by atoms with E-state index < -0.39 is 84.4 Å². The third-order valence-electron chi connectivity index (χ3n) is 9.19. The summed E-state index contributed by atoms with van der Waals surface area (Å²) in [5.74, 6) is -6.74. The van der Waals surface area contributed by atoms with Crippen LogP contribution < -0.4 is 43.0 Å². The van der Waals surface area contributed by atoms with Gasteiger partial charge in [-0.15, -0.1) is 0 Å². The number of hydrogen-bond acceptors (Lipinski definition) is 9. The Balaban J connectivity index is 1.72. The number of nitrogens with one attached hydrogen (secondary N) is 7. The molecule has 1 aromatic rings. The summed E-state index contributed by atoms with van der Waals surface area (Å²) in [7, 11) is 0. The zero-order valence-electron chi connectivity index (χ0n) is 30.1. The first-order chi connectivity index (χ1) is 25.4. The van der Waals surface area contributed by atoms with Crippen LogP contribution in [0.2, 0.25) is 0 Å². The van der Waals surface area contributed by atoms with Gasteiger partial charge in [0.1, 0.15) is 18.1 Å². The molecule has 4 unspecified atom stereocenters. The van der Waals surface area contributed by atoms with Crippen molar-refractivity contribution in [2.24, 2.45) is 11.7 Å². The van der Waals surface area contributed by atoms with Gasteiger partial charge in [0.2, 0.25) is 47.1 Å². The molecule has 0 bridgehead atoms. The van der Waals surface area contributed by atoms with Crippen LogP contribution in [0, 0.1) is 5.92 Å². The molecule has 9 N–H and O–H groups in total. The van der Waals surface area contributed by atoms with Crippen molar-refractivity contribution >= 4 is 53.0 Å². The number of hydrogen-bond donors (Lipinski definition) is 8. The Labute approximate surface area is 308 Å². The zero-order valence-corrected chi connectivity index (χ0v) is 30.1. The van der Waals surface area contributed by atoms with E-state index in [2.05, 4.69) is 37.2 Å². The number of carbonyl (C=O) groups is 9. The van der Waals surface area contributed by atoms with E-state index in [-0.39, 0.29) is 44.1 Å². The van der Waals surface area contributed by atoms with Crippen LogP contribution in [0.15, 0.2) is 30.3 Å². The maximum Gasteiger partial charge on any atom is 0.290 e. The molecule has 0 aromatic heterocycles. The molecular formula is C36H52N8O9. The van der Waals surface area contributed by atoms with Crippen molar-refractivity contribution in [1.29, 1.82) is 0 Å². The first-order valence-electron chi connectivity index (χ1n) is 18.3. The molecule has 2 aliphatic rings. The fraction of sp³-hybridized carbons (Fsp3) is 0.583. The van der Waals surface area contributed by atoms with Crippen LogP contribution in [0.5, 0.6) is 0 Å². The molecule has 0 radical (unpaired) electrons. The van der Waals surface area contributed by atoms with Gasteiger partial charge in [-0.3, -0.25) is 43.2 Å². The number of nitrogens with two attached hydrogens (primary N) is 1. The highest BCUT2D eigenvalue weighted by atomic mass is 16.2. The molecule has 290 valence electrons. The van der Waals surface area contributed by atoms with Gasteiger partial charge in [0.25, 0.3) is 5.91 Å². The number of rotatable bonds is 12. The van der Waals surface area contributed by atoms with Gasteiger partial charge in [-0.2, -0.15) is 0 Å². The van der Waals surface area contributed by atoms with Gasteiger partial charge in [0.05, 0.1) is 19.1 Å². The largest absolute Gasteiger partial charge is 0.368 e. The molecule has 1 aromatic carbocycles. The smallest absolute Gasteiger partial charge is 0.290 e. The quantitative estimate of drug-likeness (QED) is 0.123. The molecule has 17 nitrogen and oxygen atoms in total. The minimum absolute atomic E-state index is 0.0706. The highest BCUT2D eigenvalue weighted by molar-refractivity contribution is 6.38. The van der Waals surface area contributed by atoms with Crippen LogP contribution in [0.3, 0.4) is 0 Å². The highest BCUT2D eigenvalue weighted by Crippen LogP contribution is 2.27. The predicted octanol–water partition coefficient (Wildman–Crippen LogP) is -0.954. The number of ketones is 1. The lowest BCUT2D eigenvalue weighted by Crippen LogP contribution is -2.59. The predicted molar refractivity (Wildman–Crippen MR) is 191 cm³/mol. The van der Waals surface area contributed by atoms with E-state index in [4.69, 9.17) is 5.73 Å². The molecule has 17 heteroatoms. The lowest BCUT2D eigenvalue weighted by molar-refractivity contribution is -0.141. The molecule has 1 aliphatic carbocycles. The van der Waals surface area contributed by atoms with Gasteiger partial charge in [-0.1, -0.05) is 62.9 Å². The first-order valence-corrected chi connectivity index (χ1v) is 18.3. The standard InChI is InChI=1S/C36H52N8O9/c1-2-11-24(32(49)36(53)40-21-29(48)43-30(33(37)50)22-12-5-3-6-13-22)41-34(51)25-16-9-10-19-38-26(45)17-18-27(46)39-20-28(47)44-31(35(52)42-25)23-14-7-4-8-15-23/h3,5-6,12-13,23-25,30-31H,2,4,7-11,14-21H2,1H3,(H2,37,50)(H,38,45)(H,39,46)(H,40,53)(H,41,51)(H,42,52)(H,43,48)(H,44,47). The molecule has 4 atom stereocenters. The van der Waals surface area contributed by atoms with E-state index in [0.717, 1.165) is 19.3 Å². The number of benzene rings is 1. The number of carbonyl (C=O) groups excluding carboxylic acids is 9. The molecule has 53 heavy (non-hydrogen) atoms. The van der Waals surface area contributed by atoms with Crippen LogP contribution in [0.4, 0.5) is 0 Å². The fourth-order valence-corrected chi connectivity index (χ4v) is 6.32. The SMILES string of the molecule is CCCC(NC(=O)C1CCCCNC(=O)CCC(=O)NCC(=O)NC(C2CCCCC2)C(=O)N1)C(=O)C(=O)NCC(=O)NC(C(N)=O)c1ccccc1. The normalized spacial score (nSPS) is 20.8. The summed E-state index contributed by atoms with van der Waals surface area (Å²) in [6.07, 6.45) is 5.24. The number of Topliss-reactive ketones (excluding diaryl/α,β-unsaturated/α-hetero) is 1. The number of primary amides is 1. The summed E-state index contributed by atoms with van der Waals surface area (Å²) in [6, 6.07) is 3.61. The van der Waals surface area contributed by atoms with E-state index in [1.165, 1.54) is 0 Å². The van der Waals surface area contributed by atoms with Gasteiger partial charge in [0, 0.05) is 19.4 Å². The third-order valence-corrected chi connectivity index (χ3v) is 9.19. The van der Waals surface area contributed by atoms with Gasteiger partial charge in [-0.25, -0.2) is 0 Å². The van der Waals surface area contributed by atoms with Crippen molar-refractivity contribution in [2.45, 2.75) is 108 Å². The molecule has 2 fully saturated rings. The molecule has 1 heterocycles. The maximum atomic E-state index is 13.8. The van der Waals surface area contributed by atoms with Crippen molar-refractivity contribution in [3.8, 4) is 0 Å². The number of amides is 8. The van der Waals surface area contributed by atoms with Crippen molar-refractivity contribution < 1.29 is 43.2 Å². The van der Waals surface area contributed by atoms with Gasteiger partial charge in [0.15, 0.2) is 0 Å². The fourth-order valence-electron chi connectivity index (χ4n) is 6.32. The van der Waals surface area contributed by atoms with E-state index in [1.807, 2.05) is 0 Å². The second kappa shape index (κ2) is 21.9. The lowest BCUT2D eigenvalue weighted by Gasteiger charge is -2.31. The van der Waals surface area contributed by atoms with E-state index in [1.54, 1.807) is 37.3 Å². The topological polar surface area (TPSA) is 264 Å². The summed E-state index contributed by atoms with van der Waals surface area (Å²) in [6.45, 7) is 0.949. The van der Waals surface area contributed by atoms with Crippen molar-refractivity contribution in [2.75, 3.05) is 19.6 Å². The maximum absolute atomic E-state index is 13.8. The molecule has 1 aliphatic heterocycles. The Bertz CT molecular complexity index is 1480. The summed E-state index contributed by atoms with van der Waals surface area (Å²) >= 11 is 0. The summed E-state index contributed by atoms with van der Waals surface area (Å²) in [5.41, 5.74) is 5.87. The molecule has 1 saturated heterocycles. The van der Waals surface area contributed by atoms with Crippen molar-refractivity contribution in [3.63, 3.8) is 0 Å². The van der Waals surface area contributed by atoms with Crippen LogP contribution in [0.25, 0.3) is 0 Å². The van der Waals surface area contributed by atoms with Gasteiger partial charge < -0.3 is 43.0 Å². The summed E-state index contributed by atoms with van der Waals surface area (Å²) < 4.78 is 0. The zero-order chi connectivity index (χ0) is 38.8. The van der Waals surface area contributed by atoms with Crippen LogP contribution in [-0.4, -0.2) is 90.8 Å². The van der Waals surface area contributed by atoms with Gasteiger partial charge in [-0.05, 0) is 50.0 Å². The Morgan fingerprint density at radius 1 is 0.811 bits per heavy atom. The Hall–Kier alpha value is -5.35. The second-order valence-corrected chi connectivity index (χ2v) is 13.3. The molecule has 8 amide bonds. The average molecular weight is 741 g/mol.